The quantitative estimate of drug-likeness (QED) is 0.656. The van der Waals surface area contributed by atoms with Gasteiger partial charge in [0.25, 0.3) is 0 Å². The number of carbonyl (C=O) groups is 1. The smallest absolute Gasteiger partial charge is 0.324 e. The lowest BCUT2D eigenvalue weighted by Gasteiger charge is -2.23. The van der Waals surface area contributed by atoms with Crippen LogP contribution in [0.25, 0.3) is 0 Å². The monoisotopic (exact) mass is 474 g/mol. The van der Waals surface area contributed by atoms with Crippen LogP contribution >= 0.6 is 34.8 Å². The normalized spacial score (nSPS) is 12.0. The van der Waals surface area contributed by atoms with E-state index in [-0.39, 0.29) is 21.4 Å². The molecule has 0 bridgehead atoms. The number of sulfonamides is 1. The number of rotatable bonds is 5. The van der Waals surface area contributed by atoms with Crippen LogP contribution in [-0.4, -0.2) is 27.1 Å². The lowest BCUT2D eigenvalue weighted by atomic mass is 10.2. The van der Waals surface area contributed by atoms with Crippen molar-refractivity contribution in [2.45, 2.75) is 6.18 Å². The van der Waals surface area contributed by atoms with E-state index < -0.39 is 39.2 Å². The topological polar surface area (TPSA) is 66.5 Å². The molecule has 1 amide bonds. The molecule has 1 N–H and O–H groups in total. The Morgan fingerprint density at radius 1 is 1.07 bits per heavy atom. The number of hydrogen-bond acceptors (Lipinski definition) is 3. The zero-order valence-electron chi connectivity index (χ0n) is 14.0. The van der Waals surface area contributed by atoms with Crippen molar-refractivity contribution in [3.63, 3.8) is 0 Å². The van der Waals surface area contributed by atoms with Crippen LogP contribution in [0.5, 0.6) is 0 Å². The molecule has 12 heteroatoms. The molecule has 0 atom stereocenters. The fourth-order valence-electron chi connectivity index (χ4n) is 2.22. The Bertz CT molecular complexity index is 1010. The number of anilines is 2. The number of halogens is 6. The van der Waals surface area contributed by atoms with Gasteiger partial charge in [-0.2, -0.15) is 13.2 Å². The number of nitrogens with zero attached hydrogens (tertiary/aromatic N) is 1. The minimum Gasteiger partial charge on any atom is -0.324 e. The SMILES string of the molecule is CS(=O)(=O)N(CC(=O)Nc1ccc(Cl)c(C(F)(F)F)c1)c1ccc(Cl)cc1Cl. The minimum atomic E-state index is -4.71. The predicted molar refractivity (Wildman–Crippen MR) is 104 cm³/mol. The molecule has 0 aliphatic carbocycles. The van der Waals surface area contributed by atoms with Gasteiger partial charge in [0.1, 0.15) is 6.54 Å². The Balaban J connectivity index is 2.28. The second kappa shape index (κ2) is 8.36. The van der Waals surface area contributed by atoms with Crippen LogP contribution in [-0.2, 0) is 21.0 Å². The Morgan fingerprint density at radius 3 is 2.25 bits per heavy atom. The number of amides is 1. The van der Waals surface area contributed by atoms with E-state index in [2.05, 4.69) is 5.32 Å². The van der Waals surface area contributed by atoms with E-state index in [1.165, 1.54) is 18.2 Å². The summed E-state index contributed by atoms with van der Waals surface area (Å²) in [6.45, 7) is -0.718. The molecule has 152 valence electrons. The largest absolute Gasteiger partial charge is 0.417 e. The van der Waals surface area contributed by atoms with Gasteiger partial charge in [-0.3, -0.25) is 9.10 Å². The van der Waals surface area contributed by atoms with Gasteiger partial charge in [-0.15, -0.1) is 0 Å². The van der Waals surface area contributed by atoms with Crippen molar-refractivity contribution in [3.05, 3.63) is 57.0 Å². The first-order valence-corrected chi connectivity index (χ1v) is 10.4. The van der Waals surface area contributed by atoms with E-state index in [1.54, 1.807) is 0 Å². The number of nitrogens with one attached hydrogen (secondary N) is 1. The van der Waals surface area contributed by atoms with Gasteiger partial charge in [-0.1, -0.05) is 34.8 Å². The van der Waals surface area contributed by atoms with Crippen molar-refractivity contribution in [1.29, 1.82) is 0 Å². The molecule has 0 aliphatic heterocycles. The molecule has 0 fully saturated rings. The molecular formula is C16H12Cl3F3N2O3S. The summed E-state index contributed by atoms with van der Waals surface area (Å²) in [6, 6.07) is 6.78. The molecule has 2 rings (SSSR count). The van der Waals surface area contributed by atoms with E-state index in [1.807, 2.05) is 0 Å². The maximum absolute atomic E-state index is 12.9. The minimum absolute atomic E-state index is 0.00389. The highest BCUT2D eigenvalue weighted by Crippen LogP contribution is 2.36. The van der Waals surface area contributed by atoms with Gasteiger partial charge >= 0.3 is 6.18 Å². The zero-order chi connectivity index (χ0) is 21.3. The van der Waals surface area contributed by atoms with E-state index in [4.69, 9.17) is 34.8 Å². The number of benzene rings is 2. The summed E-state index contributed by atoms with van der Waals surface area (Å²) in [6.07, 6.45) is -3.86. The van der Waals surface area contributed by atoms with Crippen molar-refractivity contribution in [1.82, 2.24) is 0 Å². The summed E-state index contributed by atoms with van der Waals surface area (Å²) in [7, 11) is -3.93. The van der Waals surface area contributed by atoms with Crippen LogP contribution < -0.4 is 9.62 Å². The summed E-state index contributed by atoms with van der Waals surface area (Å²) in [4.78, 5) is 12.3. The van der Waals surface area contributed by atoms with Gasteiger partial charge in [0.05, 0.1) is 27.6 Å². The first-order chi connectivity index (χ1) is 12.8. The molecule has 0 spiro atoms. The Hall–Kier alpha value is -1.68. The molecule has 5 nitrogen and oxygen atoms in total. The van der Waals surface area contributed by atoms with Crippen LogP contribution in [0.2, 0.25) is 15.1 Å². The maximum atomic E-state index is 12.9. The molecule has 0 aromatic heterocycles. The standard InChI is InChI=1S/C16H12Cl3F3N2O3S/c1-28(26,27)24(14-5-2-9(17)6-13(14)19)8-15(25)23-10-3-4-12(18)11(7-10)16(20,21)22/h2-7H,8H2,1H3,(H,23,25). The third kappa shape index (κ3) is 5.66. The van der Waals surface area contributed by atoms with Crippen LogP contribution in [0.1, 0.15) is 5.56 Å². The lowest BCUT2D eigenvalue weighted by molar-refractivity contribution is -0.137. The van der Waals surface area contributed by atoms with Crippen LogP contribution in [0.4, 0.5) is 24.5 Å². The molecule has 28 heavy (non-hydrogen) atoms. The molecule has 0 heterocycles. The molecule has 0 saturated carbocycles. The van der Waals surface area contributed by atoms with Crippen molar-refractivity contribution in [2.24, 2.45) is 0 Å². The van der Waals surface area contributed by atoms with Crippen molar-refractivity contribution >= 4 is 62.1 Å². The summed E-state index contributed by atoms with van der Waals surface area (Å²) in [5, 5.41) is 1.92. The number of carbonyl (C=O) groups excluding carboxylic acids is 1. The van der Waals surface area contributed by atoms with Gasteiger partial charge in [0.15, 0.2) is 0 Å². The first kappa shape index (κ1) is 22.6. The van der Waals surface area contributed by atoms with Gasteiger partial charge < -0.3 is 5.32 Å². The first-order valence-electron chi connectivity index (χ1n) is 7.38. The third-order valence-corrected chi connectivity index (χ3v) is 5.42. The summed E-state index contributed by atoms with van der Waals surface area (Å²) in [5.41, 5.74) is -1.33. The average Bonchev–Trinajstić information content (AvgIpc) is 2.53. The van der Waals surface area contributed by atoms with E-state index in [0.717, 1.165) is 18.4 Å². The molecule has 2 aromatic carbocycles. The van der Waals surface area contributed by atoms with Crippen molar-refractivity contribution in [3.8, 4) is 0 Å². The molecular weight excluding hydrogens is 464 g/mol. The molecule has 0 radical (unpaired) electrons. The van der Waals surface area contributed by atoms with Crippen molar-refractivity contribution < 1.29 is 26.4 Å². The third-order valence-electron chi connectivity index (χ3n) is 3.42. The second-order valence-corrected chi connectivity index (χ2v) is 8.76. The zero-order valence-corrected chi connectivity index (χ0v) is 17.1. The molecule has 0 unspecified atom stereocenters. The van der Waals surface area contributed by atoms with E-state index in [9.17, 15) is 26.4 Å². The lowest BCUT2D eigenvalue weighted by Crippen LogP contribution is -2.37. The Kier molecular flexibility index (Phi) is 6.75. The fourth-order valence-corrected chi connectivity index (χ4v) is 3.87. The van der Waals surface area contributed by atoms with Crippen LogP contribution in [0, 0.1) is 0 Å². The predicted octanol–water partition coefficient (Wildman–Crippen LogP) is 5.07. The number of alkyl halides is 3. The molecule has 0 saturated heterocycles. The number of hydrogen-bond donors (Lipinski definition) is 1. The summed E-state index contributed by atoms with van der Waals surface area (Å²) in [5.74, 6) is -0.883. The van der Waals surface area contributed by atoms with Crippen molar-refractivity contribution in [2.75, 3.05) is 22.4 Å². The highest BCUT2D eigenvalue weighted by molar-refractivity contribution is 7.92. The molecule has 0 aliphatic rings. The molecule has 2 aromatic rings. The van der Waals surface area contributed by atoms with Gasteiger partial charge in [0, 0.05) is 10.7 Å². The second-order valence-electron chi connectivity index (χ2n) is 5.61. The van der Waals surface area contributed by atoms with E-state index in [0.29, 0.717) is 10.4 Å². The van der Waals surface area contributed by atoms with Crippen LogP contribution in [0.3, 0.4) is 0 Å². The van der Waals surface area contributed by atoms with Gasteiger partial charge in [-0.05, 0) is 36.4 Å². The Morgan fingerprint density at radius 2 is 1.71 bits per heavy atom. The van der Waals surface area contributed by atoms with Gasteiger partial charge in [0.2, 0.25) is 15.9 Å². The van der Waals surface area contributed by atoms with Crippen LogP contribution in [0.15, 0.2) is 36.4 Å². The highest BCUT2D eigenvalue weighted by atomic mass is 35.5. The maximum Gasteiger partial charge on any atom is 0.417 e. The average molecular weight is 476 g/mol. The van der Waals surface area contributed by atoms with Gasteiger partial charge in [-0.25, -0.2) is 8.42 Å². The highest BCUT2D eigenvalue weighted by Gasteiger charge is 2.33. The Labute approximate surface area is 174 Å². The summed E-state index contributed by atoms with van der Waals surface area (Å²) < 4.78 is 63.6. The summed E-state index contributed by atoms with van der Waals surface area (Å²) >= 11 is 17.3. The van der Waals surface area contributed by atoms with E-state index >= 15 is 0 Å². The fraction of sp³-hybridized carbons (Fsp3) is 0.188.